The highest BCUT2D eigenvalue weighted by atomic mass is 35.5. The van der Waals surface area contributed by atoms with E-state index in [2.05, 4.69) is 11.8 Å². The molecule has 0 amide bonds. The second-order valence-electron chi connectivity index (χ2n) is 6.20. The summed E-state index contributed by atoms with van der Waals surface area (Å²) in [6, 6.07) is 6.03. The molecular weight excluding hydrogens is 298 g/mol. The molecule has 0 radical (unpaired) electrons. The van der Waals surface area contributed by atoms with E-state index in [1.54, 1.807) is 6.07 Å². The zero-order valence-corrected chi connectivity index (χ0v) is 13.9. The summed E-state index contributed by atoms with van der Waals surface area (Å²) >= 11 is 6.35. The van der Waals surface area contributed by atoms with Gasteiger partial charge in [0.25, 0.3) is 0 Å². The molecule has 0 spiro atoms. The lowest BCUT2D eigenvalue weighted by Gasteiger charge is -2.33. The number of hydrogen-bond donors (Lipinski definition) is 0. The first-order valence-corrected chi connectivity index (χ1v) is 8.45. The second kappa shape index (κ2) is 6.43. The molecule has 0 saturated carbocycles. The summed E-state index contributed by atoms with van der Waals surface area (Å²) in [5.74, 6) is 0. The molecule has 2 aromatic rings. The first kappa shape index (κ1) is 15.6. The van der Waals surface area contributed by atoms with Crippen molar-refractivity contribution >= 4 is 22.6 Å². The Morgan fingerprint density at radius 3 is 2.82 bits per heavy atom. The zero-order valence-electron chi connectivity index (χ0n) is 13.2. The van der Waals surface area contributed by atoms with Gasteiger partial charge in [0, 0.05) is 29.1 Å². The van der Waals surface area contributed by atoms with Crippen molar-refractivity contribution in [2.24, 2.45) is 0 Å². The number of nitrogens with zero attached hydrogens (tertiary/aromatic N) is 1. The van der Waals surface area contributed by atoms with Gasteiger partial charge in [-0.15, -0.1) is 0 Å². The van der Waals surface area contributed by atoms with Gasteiger partial charge in [-0.05, 0) is 56.0 Å². The maximum atomic E-state index is 11.9. The lowest BCUT2D eigenvalue weighted by molar-refractivity contribution is 0.153. The maximum absolute atomic E-state index is 11.9. The van der Waals surface area contributed by atoms with Crippen LogP contribution in [0.5, 0.6) is 0 Å². The Labute approximate surface area is 135 Å². The molecule has 1 aromatic heterocycles. The molecule has 3 nitrogen and oxygen atoms in total. The lowest BCUT2D eigenvalue weighted by Crippen LogP contribution is -2.36. The quantitative estimate of drug-likeness (QED) is 0.787. The summed E-state index contributed by atoms with van der Waals surface area (Å²) in [7, 11) is 0. The third-order valence-corrected chi connectivity index (χ3v) is 5.04. The average Bonchev–Trinajstić information content (AvgIpc) is 2.49. The van der Waals surface area contributed by atoms with Gasteiger partial charge in [0.2, 0.25) is 0 Å². The van der Waals surface area contributed by atoms with Crippen molar-refractivity contribution in [3.05, 3.63) is 44.8 Å². The van der Waals surface area contributed by atoms with Crippen LogP contribution in [0, 0.1) is 0 Å². The van der Waals surface area contributed by atoms with E-state index in [-0.39, 0.29) is 5.63 Å². The second-order valence-corrected chi connectivity index (χ2v) is 6.61. The molecule has 0 aliphatic carbocycles. The van der Waals surface area contributed by atoms with Crippen molar-refractivity contribution in [1.29, 1.82) is 0 Å². The van der Waals surface area contributed by atoms with Gasteiger partial charge in [0.05, 0.1) is 0 Å². The monoisotopic (exact) mass is 319 g/mol. The van der Waals surface area contributed by atoms with E-state index in [1.165, 1.54) is 19.3 Å². The van der Waals surface area contributed by atoms with E-state index in [9.17, 15) is 4.79 Å². The summed E-state index contributed by atoms with van der Waals surface area (Å²) in [4.78, 5) is 14.3. The fourth-order valence-electron chi connectivity index (χ4n) is 3.30. The van der Waals surface area contributed by atoms with Gasteiger partial charge >= 0.3 is 5.63 Å². The van der Waals surface area contributed by atoms with Crippen LogP contribution in [-0.4, -0.2) is 17.5 Å². The number of halogens is 1. The normalized spacial score (nSPS) is 19.7. The molecule has 1 saturated heterocycles. The Hall–Kier alpha value is -1.32. The van der Waals surface area contributed by atoms with Crippen molar-refractivity contribution in [2.45, 2.75) is 52.1 Å². The predicted octanol–water partition coefficient (Wildman–Crippen LogP) is 4.38. The molecule has 0 N–H and O–H groups in total. The fraction of sp³-hybridized carbons (Fsp3) is 0.500. The van der Waals surface area contributed by atoms with Gasteiger partial charge in [-0.2, -0.15) is 0 Å². The number of piperidine rings is 1. The first-order valence-electron chi connectivity index (χ1n) is 8.07. The highest BCUT2D eigenvalue weighted by Crippen LogP contribution is 2.28. The summed E-state index contributed by atoms with van der Waals surface area (Å²) in [5.41, 5.74) is 2.40. The first-order chi connectivity index (χ1) is 10.6. The van der Waals surface area contributed by atoms with E-state index in [0.717, 1.165) is 41.0 Å². The van der Waals surface area contributed by atoms with Crippen LogP contribution in [-0.2, 0) is 13.0 Å². The molecule has 1 aromatic carbocycles. The third-order valence-electron chi connectivity index (χ3n) is 4.69. The largest absolute Gasteiger partial charge is 0.423 e. The van der Waals surface area contributed by atoms with Crippen LogP contribution < -0.4 is 5.63 Å². The number of aryl methyl sites for hydroxylation is 1. The minimum absolute atomic E-state index is 0.281. The van der Waals surface area contributed by atoms with Gasteiger partial charge in [-0.25, -0.2) is 4.79 Å². The third kappa shape index (κ3) is 3.06. The molecule has 1 unspecified atom stereocenters. The molecule has 3 rings (SSSR count). The van der Waals surface area contributed by atoms with Gasteiger partial charge < -0.3 is 4.42 Å². The van der Waals surface area contributed by atoms with E-state index in [4.69, 9.17) is 16.0 Å². The Morgan fingerprint density at radius 1 is 1.27 bits per heavy atom. The van der Waals surface area contributed by atoms with E-state index < -0.39 is 0 Å². The topological polar surface area (TPSA) is 33.5 Å². The number of fused-ring (bicyclic) bond motifs is 1. The van der Waals surface area contributed by atoms with Gasteiger partial charge in [0.1, 0.15) is 5.58 Å². The summed E-state index contributed by atoms with van der Waals surface area (Å²) in [5, 5.41) is 1.70. The van der Waals surface area contributed by atoms with Crippen LogP contribution in [0.4, 0.5) is 0 Å². The van der Waals surface area contributed by atoms with Gasteiger partial charge in [-0.3, -0.25) is 4.90 Å². The van der Waals surface area contributed by atoms with Gasteiger partial charge in [-0.1, -0.05) is 24.9 Å². The Bertz CT molecular complexity index is 738. The molecule has 1 atom stereocenters. The highest BCUT2D eigenvalue weighted by Gasteiger charge is 2.20. The number of rotatable bonds is 3. The van der Waals surface area contributed by atoms with Gasteiger partial charge in [0.15, 0.2) is 0 Å². The summed E-state index contributed by atoms with van der Waals surface area (Å²) < 4.78 is 5.38. The van der Waals surface area contributed by atoms with E-state index >= 15 is 0 Å². The number of hydrogen-bond acceptors (Lipinski definition) is 3. The average molecular weight is 320 g/mol. The van der Waals surface area contributed by atoms with Crippen molar-refractivity contribution < 1.29 is 4.42 Å². The Morgan fingerprint density at radius 2 is 2.09 bits per heavy atom. The molecule has 1 aliphatic rings. The van der Waals surface area contributed by atoms with Crippen LogP contribution in [0.15, 0.2) is 27.4 Å². The van der Waals surface area contributed by atoms with Crippen molar-refractivity contribution in [3.63, 3.8) is 0 Å². The summed E-state index contributed by atoms with van der Waals surface area (Å²) in [6.07, 6.45) is 4.57. The molecule has 0 bridgehead atoms. The SMILES string of the molecule is CCc1cc2oc(=O)cc(CN3CCCCC3C)c2cc1Cl. The fourth-order valence-corrected chi connectivity index (χ4v) is 3.60. The molecular formula is C18H22ClNO2. The molecule has 118 valence electrons. The Kier molecular flexibility index (Phi) is 4.55. The van der Waals surface area contributed by atoms with Crippen LogP contribution >= 0.6 is 11.6 Å². The summed E-state index contributed by atoms with van der Waals surface area (Å²) in [6.45, 7) is 6.17. The lowest BCUT2D eigenvalue weighted by atomic mass is 10.0. The minimum Gasteiger partial charge on any atom is -0.423 e. The van der Waals surface area contributed by atoms with Crippen LogP contribution in [0.3, 0.4) is 0 Å². The molecule has 1 fully saturated rings. The predicted molar refractivity (Wildman–Crippen MR) is 90.6 cm³/mol. The van der Waals surface area contributed by atoms with E-state index in [0.29, 0.717) is 11.6 Å². The van der Waals surface area contributed by atoms with Crippen LogP contribution in [0.25, 0.3) is 11.0 Å². The van der Waals surface area contributed by atoms with Crippen LogP contribution in [0.2, 0.25) is 5.02 Å². The Balaban J connectivity index is 2.04. The zero-order chi connectivity index (χ0) is 15.7. The smallest absolute Gasteiger partial charge is 0.336 e. The van der Waals surface area contributed by atoms with Crippen LogP contribution in [0.1, 0.15) is 44.2 Å². The highest BCUT2D eigenvalue weighted by molar-refractivity contribution is 6.32. The maximum Gasteiger partial charge on any atom is 0.336 e. The van der Waals surface area contributed by atoms with E-state index in [1.807, 2.05) is 19.1 Å². The molecule has 2 heterocycles. The van der Waals surface area contributed by atoms with Crippen molar-refractivity contribution in [3.8, 4) is 0 Å². The molecule has 4 heteroatoms. The van der Waals surface area contributed by atoms with Crippen molar-refractivity contribution in [2.75, 3.05) is 6.54 Å². The minimum atomic E-state index is -0.281. The standard InChI is InChI=1S/C18H22ClNO2/c1-3-13-8-17-15(10-16(13)19)14(9-18(21)22-17)11-20-7-5-4-6-12(20)2/h8-10,12H,3-7,11H2,1-2H3. The van der Waals surface area contributed by atoms with Crippen molar-refractivity contribution in [1.82, 2.24) is 4.90 Å². The number of likely N-dealkylation sites (tertiary alicyclic amines) is 1. The molecule has 22 heavy (non-hydrogen) atoms. The molecule has 1 aliphatic heterocycles. The number of benzene rings is 1.